The quantitative estimate of drug-likeness (QED) is 0.839. The van der Waals surface area contributed by atoms with Crippen LogP contribution in [-0.4, -0.2) is 27.7 Å². The molecule has 1 N–H and O–H groups in total. The Balaban J connectivity index is 2.32. The molecule has 1 rings (SSSR count). The summed E-state index contributed by atoms with van der Waals surface area (Å²) in [6.07, 6.45) is -3.49. The smallest absolute Gasteiger partial charge is 0.311 e. The van der Waals surface area contributed by atoms with Crippen LogP contribution in [0.3, 0.4) is 0 Å². The molecule has 0 aliphatic heterocycles. The van der Waals surface area contributed by atoms with Crippen LogP contribution >= 0.6 is 0 Å². The van der Waals surface area contributed by atoms with E-state index >= 15 is 0 Å². The van der Waals surface area contributed by atoms with Gasteiger partial charge >= 0.3 is 6.18 Å². The topological polar surface area (TPSA) is 42.7 Å². The molecule has 4 nitrogen and oxygen atoms in total. The molecule has 0 bridgehead atoms. The molecule has 1 aromatic heterocycles. The van der Waals surface area contributed by atoms with E-state index in [2.05, 4.69) is 29.5 Å². The minimum atomic E-state index is -4.15. The van der Waals surface area contributed by atoms with Gasteiger partial charge in [0.2, 0.25) is 0 Å². The van der Waals surface area contributed by atoms with Crippen molar-refractivity contribution >= 4 is 0 Å². The second-order valence-corrected chi connectivity index (χ2v) is 4.36. The molecule has 0 aromatic carbocycles. The summed E-state index contributed by atoms with van der Waals surface area (Å²) in [5, 5.41) is 10.6. The van der Waals surface area contributed by atoms with E-state index in [1.807, 2.05) is 0 Å². The Morgan fingerprint density at radius 3 is 2.71 bits per heavy atom. The van der Waals surface area contributed by atoms with E-state index in [1.54, 1.807) is 6.20 Å². The molecule has 0 saturated carbocycles. The van der Waals surface area contributed by atoms with Crippen molar-refractivity contribution in [2.45, 2.75) is 39.5 Å². The Morgan fingerprint density at radius 2 is 2.12 bits per heavy atom. The summed E-state index contributed by atoms with van der Waals surface area (Å²) in [5.74, 6) is 0.523. The second kappa shape index (κ2) is 6.00. The van der Waals surface area contributed by atoms with Crippen molar-refractivity contribution in [2.24, 2.45) is 5.92 Å². The first-order valence-electron chi connectivity index (χ1n) is 5.53. The molecule has 0 atom stereocenters. The molecule has 0 fully saturated rings. The Hall–Kier alpha value is -1.11. The van der Waals surface area contributed by atoms with Crippen molar-refractivity contribution in [1.82, 2.24) is 20.3 Å². The van der Waals surface area contributed by atoms with Crippen molar-refractivity contribution in [3.8, 4) is 0 Å². The summed E-state index contributed by atoms with van der Waals surface area (Å²) >= 11 is 0. The van der Waals surface area contributed by atoms with E-state index in [-0.39, 0.29) is 6.54 Å². The van der Waals surface area contributed by atoms with Gasteiger partial charge in [0.05, 0.1) is 18.7 Å². The number of hydrogen-bond donors (Lipinski definition) is 1. The Bertz CT molecular complexity index is 333. The van der Waals surface area contributed by atoms with E-state index in [0.717, 1.165) is 6.54 Å². The fourth-order valence-electron chi connectivity index (χ4n) is 1.26. The van der Waals surface area contributed by atoms with Crippen LogP contribution in [0.2, 0.25) is 0 Å². The second-order valence-electron chi connectivity index (χ2n) is 4.36. The maximum Gasteiger partial charge on any atom is 0.390 e. The lowest BCUT2D eigenvalue weighted by atomic mass is 10.2. The molecule has 1 heterocycles. The molecule has 0 aliphatic rings. The maximum atomic E-state index is 12.0. The van der Waals surface area contributed by atoms with E-state index in [0.29, 0.717) is 18.2 Å². The van der Waals surface area contributed by atoms with Crippen LogP contribution < -0.4 is 5.32 Å². The molecule has 7 heteroatoms. The zero-order valence-corrected chi connectivity index (χ0v) is 9.96. The fourth-order valence-corrected chi connectivity index (χ4v) is 1.26. The summed E-state index contributed by atoms with van der Waals surface area (Å²) in [4.78, 5) is 0. The van der Waals surface area contributed by atoms with Gasteiger partial charge in [-0.25, -0.2) is 0 Å². The normalized spacial score (nSPS) is 12.4. The van der Waals surface area contributed by atoms with Gasteiger partial charge < -0.3 is 5.32 Å². The van der Waals surface area contributed by atoms with Crippen molar-refractivity contribution in [3.05, 3.63) is 11.9 Å². The highest BCUT2D eigenvalue weighted by molar-refractivity contribution is 4.91. The van der Waals surface area contributed by atoms with Crippen molar-refractivity contribution in [2.75, 3.05) is 6.54 Å². The predicted octanol–water partition coefficient (Wildman–Crippen LogP) is 1.98. The number of rotatable bonds is 6. The van der Waals surface area contributed by atoms with E-state index in [4.69, 9.17) is 0 Å². The van der Waals surface area contributed by atoms with Gasteiger partial charge in [0.25, 0.3) is 0 Å². The summed E-state index contributed by atoms with van der Waals surface area (Å²) < 4.78 is 37.1. The minimum absolute atomic E-state index is 0.180. The van der Waals surface area contributed by atoms with Gasteiger partial charge in [0, 0.05) is 12.7 Å². The van der Waals surface area contributed by atoms with Gasteiger partial charge in [0.15, 0.2) is 0 Å². The minimum Gasteiger partial charge on any atom is -0.311 e. The lowest BCUT2D eigenvalue weighted by molar-refractivity contribution is -0.137. The molecular weight excluding hydrogens is 233 g/mol. The molecule has 17 heavy (non-hydrogen) atoms. The Labute approximate surface area is 98.2 Å². The van der Waals surface area contributed by atoms with E-state index in [1.165, 1.54) is 4.68 Å². The first kappa shape index (κ1) is 14.0. The molecule has 0 spiro atoms. The molecular formula is C10H17F3N4. The summed E-state index contributed by atoms with van der Waals surface area (Å²) in [5.41, 5.74) is 0.660. The van der Waals surface area contributed by atoms with Gasteiger partial charge in [-0.15, -0.1) is 5.10 Å². The number of nitrogens with zero attached hydrogens (tertiary/aromatic N) is 3. The Morgan fingerprint density at radius 1 is 1.41 bits per heavy atom. The number of hydrogen-bond acceptors (Lipinski definition) is 3. The highest BCUT2D eigenvalue weighted by Gasteiger charge is 2.26. The lowest BCUT2D eigenvalue weighted by Gasteiger charge is -2.05. The van der Waals surface area contributed by atoms with Crippen LogP contribution in [-0.2, 0) is 13.1 Å². The number of halogens is 3. The highest BCUT2D eigenvalue weighted by atomic mass is 19.4. The first-order valence-corrected chi connectivity index (χ1v) is 5.53. The molecule has 0 unspecified atom stereocenters. The van der Waals surface area contributed by atoms with Crippen molar-refractivity contribution in [1.29, 1.82) is 0 Å². The zero-order chi connectivity index (χ0) is 12.9. The third-order valence-corrected chi connectivity index (χ3v) is 2.07. The lowest BCUT2D eigenvalue weighted by Crippen LogP contribution is -2.19. The Kier molecular flexibility index (Phi) is 4.92. The maximum absolute atomic E-state index is 12.0. The zero-order valence-electron chi connectivity index (χ0n) is 9.96. The van der Waals surface area contributed by atoms with Gasteiger partial charge in [-0.3, -0.25) is 4.68 Å². The van der Waals surface area contributed by atoms with Gasteiger partial charge in [-0.05, 0) is 12.5 Å². The molecule has 0 aliphatic carbocycles. The average Bonchev–Trinajstić information content (AvgIpc) is 2.61. The molecule has 0 radical (unpaired) electrons. The van der Waals surface area contributed by atoms with Crippen LogP contribution in [0.4, 0.5) is 13.2 Å². The number of aryl methyl sites for hydroxylation is 1. The third-order valence-electron chi connectivity index (χ3n) is 2.07. The first-order chi connectivity index (χ1) is 7.87. The molecule has 0 saturated heterocycles. The van der Waals surface area contributed by atoms with Crippen LogP contribution in [0.5, 0.6) is 0 Å². The summed E-state index contributed by atoms with van der Waals surface area (Å²) in [6.45, 7) is 5.35. The predicted molar refractivity (Wildman–Crippen MR) is 57.2 cm³/mol. The van der Waals surface area contributed by atoms with Gasteiger partial charge in [0.1, 0.15) is 0 Å². The van der Waals surface area contributed by atoms with Crippen molar-refractivity contribution in [3.63, 3.8) is 0 Å². The molecule has 0 amide bonds. The summed E-state index contributed by atoms with van der Waals surface area (Å²) in [7, 11) is 0. The van der Waals surface area contributed by atoms with E-state index in [9.17, 15) is 13.2 Å². The molecule has 98 valence electrons. The van der Waals surface area contributed by atoms with Crippen LogP contribution in [0, 0.1) is 5.92 Å². The van der Waals surface area contributed by atoms with Gasteiger partial charge in [-0.2, -0.15) is 13.2 Å². The third kappa shape index (κ3) is 6.25. The standard InChI is InChI=1S/C10H17F3N4/c1-8(2)5-14-6-9-7-17(16-15-9)4-3-10(11,12)13/h7-8,14H,3-6H2,1-2H3. The van der Waals surface area contributed by atoms with Crippen LogP contribution in [0.25, 0.3) is 0 Å². The van der Waals surface area contributed by atoms with Crippen molar-refractivity contribution < 1.29 is 13.2 Å². The highest BCUT2D eigenvalue weighted by Crippen LogP contribution is 2.19. The average molecular weight is 250 g/mol. The van der Waals surface area contributed by atoms with Gasteiger partial charge in [-0.1, -0.05) is 19.1 Å². The molecule has 1 aromatic rings. The SMILES string of the molecule is CC(C)CNCc1cn(CCC(F)(F)F)nn1. The number of alkyl halides is 3. The largest absolute Gasteiger partial charge is 0.390 e. The fraction of sp³-hybridized carbons (Fsp3) is 0.800. The monoisotopic (exact) mass is 250 g/mol. The van der Waals surface area contributed by atoms with Crippen LogP contribution in [0.1, 0.15) is 26.0 Å². The van der Waals surface area contributed by atoms with Crippen LogP contribution in [0.15, 0.2) is 6.20 Å². The number of aromatic nitrogens is 3. The number of nitrogens with one attached hydrogen (secondary N) is 1. The summed E-state index contributed by atoms with van der Waals surface area (Å²) in [6, 6.07) is 0. The van der Waals surface area contributed by atoms with E-state index < -0.39 is 12.6 Å².